The maximum absolute atomic E-state index is 14.4. The molecule has 2 aliphatic rings. The molecule has 1 saturated heterocycles. The first-order valence-corrected chi connectivity index (χ1v) is 9.89. The Bertz CT molecular complexity index is 1190. The van der Waals surface area contributed by atoms with Gasteiger partial charge in [0.2, 0.25) is 0 Å². The molecule has 2 aromatic heterocycles. The lowest BCUT2D eigenvalue weighted by Gasteiger charge is -2.34. The number of anilines is 1. The Labute approximate surface area is 166 Å². The summed E-state index contributed by atoms with van der Waals surface area (Å²) in [6, 6.07) is 4.51. The van der Waals surface area contributed by atoms with E-state index in [1.807, 2.05) is 0 Å². The Kier molecular flexibility index (Phi) is 4.16. The lowest BCUT2D eigenvalue weighted by Crippen LogP contribution is -2.43. The van der Waals surface area contributed by atoms with Crippen LogP contribution in [0.1, 0.15) is 30.7 Å². The number of benzene rings is 1. The van der Waals surface area contributed by atoms with Gasteiger partial charge < -0.3 is 25.9 Å². The van der Waals surface area contributed by atoms with Gasteiger partial charge in [-0.25, -0.2) is 9.37 Å². The molecule has 3 heterocycles. The number of allylic oxidation sites excluding steroid dienone is 1. The van der Waals surface area contributed by atoms with Crippen LogP contribution in [0.3, 0.4) is 0 Å². The van der Waals surface area contributed by atoms with Crippen LogP contribution in [0.2, 0.25) is 0 Å². The molecule has 5 rings (SSSR count). The third-order valence-corrected chi connectivity index (χ3v) is 5.86. The molecule has 5 N–H and O–H groups in total. The first-order chi connectivity index (χ1) is 14.0. The topological polar surface area (TPSA) is 103 Å². The zero-order chi connectivity index (χ0) is 20.1. The summed E-state index contributed by atoms with van der Waals surface area (Å²) in [7, 11) is 0. The molecule has 0 bridgehead atoms. The van der Waals surface area contributed by atoms with E-state index in [2.05, 4.69) is 38.2 Å². The summed E-state index contributed by atoms with van der Waals surface area (Å²) in [5.41, 5.74) is 9.57. The van der Waals surface area contributed by atoms with Crippen molar-refractivity contribution in [1.82, 2.24) is 25.2 Å². The molecule has 1 unspecified atom stereocenters. The van der Waals surface area contributed by atoms with E-state index in [9.17, 15) is 9.18 Å². The SMILES string of the molecule is CC1CC(N2CCNCC2)=Cc2nc(-c3c(N)c4c(F)cccc4[nH]c3=O)[nH]c21. The fraction of sp³-hybridized carbons (Fsp3) is 0.333. The van der Waals surface area contributed by atoms with Crippen molar-refractivity contribution in [2.24, 2.45) is 0 Å². The minimum absolute atomic E-state index is 0.104. The van der Waals surface area contributed by atoms with Gasteiger partial charge in [0.1, 0.15) is 17.2 Å². The first kappa shape index (κ1) is 17.9. The fourth-order valence-electron chi connectivity index (χ4n) is 4.38. The number of nitrogens with two attached hydrogens (primary N) is 1. The van der Waals surface area contributed by atoms with Crippen molar-refractivity contribution >= 4 is 22.7 Å². The van der Waals surface area contributed by atoms with Crippen molar-refractivity contribution < 1.29 is 4.39 Å². The molecule has 3 aromatic rings. The summed E-state index contributed by atoms with van der Waals surface area (Å²) in [6.45, 7) is 6.03. The molecule has 0 spiro atoms. The number of hydrogen-bond acceptors (Lipinski definition) is 5. The first-order valence-electron chi connectivity index (χ1n) is 9.89. The molecule has 0 saturated carbocycles. The summed E-state index contributed by atoms with van der Waals surface area (Å²) in [5.74, 6) is 0.144. The van der Waals surface area contributed by atoms with Crippen LogP contribution in [0.4, 0.5) is 10.1 Å². The fourth-order valence-corrected chi connectivity index (χ4v) is 4.38. The number of nitrogens with zero attached hydrogens (tertiary/aromatic N) is 2. The number of nitrogen functional groups attached to an aromatic ring is 1. The standard InChI is InChI=1S/C21H23FN6O/c1-11-9-12(28-7-5-24-6-8-28)10-15-19(11)27-20(25-15)17-18(23)16-13(22)3-2-4-14(16)26-21(17)29/h2-4,10-11,24H,5-9H2,1H3,(H,25,27)(H3,23,26,29). The van der Waals surface area contributed by atoms with Crippen LogP contribution >= 0.6 is 0 Å². The van der Waals surface area contributed by atoms with E-state index in [1.165, 1.54) is 11.8 Å². The second-order valence-corrected chi connectivity index (χ2v) is 7.77. The lowest BCUT2D eigenvalue weighted by atomic mass is 9.93. The molecule has 0 radical (unpaired) electrons. The van der Waals surface area contributed by atoms with Gasteiger partial charge in [-0.05, 0) is 24.6 Å². The number of aromatic amines is 2. The van der Waals surface area contributed by atoms with E-state index in [4.69, 9.17) is 5.73 Å². The normalized spacial score (nSPS) is 19.3. The molecule has 1 fully saturated rings. The number of rotatable bonds is 2. The number of imidazole rings is 1. The number of hydrogen-bond donors (Lipinski definition) is 4. The number of piperazine rings is 1. The maximum atomic E-state index is 14.4. The van der Waals surface area contributed by atoms with E-state index in [0.29, 0.717) is 11.3 Å². The molecule has 1 aliphatic heterocycles. The zero-order valence-electron chi connectivity index (χ0n) is 16.2. The van der Waals surface area contributed by atoms with Crippen molar-refractivity contribution in [1.29, 1.82) is 0 Å². The number of fused-ring (bicyclic) bond motifs is 2. The molecule has 1 aromatic carbocycles. The van der Waals surface area contributed by atoms with E-state index in [-0.39, 0.29) is 28.1 Å². The van der Waals surface area contributed by atoms with Gasteiger partial charge in [0.15, 0.2) is 0 Å². The number of nitrogens with one attached hydrogen (secondary N) is 3. The van der Waals surface area contributed by atoms with Crippen LogP contribution in [0.5, 0.6) is 0 Å². The Morgan fingerprint density at radius 1 is 1.24 bits per heavy atom. The van der Waals surface area contributed by atoms with Crippen LogP contribution in [-0.4, -0.2) is 46.0 Å². The molecule has 1 atom stereocenters. The number of pyridine rings is 1. The van der Waals surface area contributed by atoms with Gasteiger partial charge in [-0.1, -0.05) is 13.0 Å². The molecule has 29 heavy (non-hydrogen) atoms. The van der Waals surface area contributed by atoms with Crippen LogP contribution < -0.4 is 16.6 Å². The van der Waals surface area contributed by atoms with Crippen LogP contribution in [0.15, 0.2) is 28.7 Å². The average molecular weight is 394 g/mol. The van der Waals surface area contributed by atoms with Crippen LogP contribution in [0, 0.1) is 5.82 Å². The van der Waals surface area contributed by atoms with E-state index < -0.39 is 5.82 Å². The third kappa shape index (κ3) is 2.91. The molecule has 8 heteroatoms. The average Bonchev–Trinajstić information content (AvgIpc) is 3.12. The summed E-state index contributed by atoms with van der Waals surface area (Å²) in [4.78, 5) is 25.8. The van der Waals surface area contributed by atoms with Gasteiger partial charge in [0.25, 0.3) is 5.56 Å². The minimum atomic E-state index is -0.469. The highest BCUT2D eigenvalue weighted by Crippen LogP contribution is 2.36. The predicted octanol–water partition coefficient (Wildman–Crippen LogP) is 2.39. The predicted molar refractivity (Wildman–Crippen MR) is 112 cm³/mol. The molecular formula is C21H23FN6O. The van der Waals surface area contributed by atoms with Crippen molar-refractivity contribution in [3.63, 3.8) is 0 Å². The van der Waals surface area contributed by atoms with Gasteiger partial charge in [0.05, 0.1) is 22.3 Å². The van der Waals surface area contributed by atoms with Gasteiger partial charge in [-0.3, -0.25) is 4.79 Å². The maximum Gasteiger partial charge on any atom is 0.261 e. The van der Waals surface area contributed by atoms with Crippen molar-refractivity contribution in [3.8, 4) is 11.4 Å². The third-order valence-electron chi connectivity index (χ3n) is 5.86. The number of halogens is 1. The Morgan fingerprint density at radius 2 is 2.03 bits per heavy atom. The highest BCUT2D eigenvalue weighted by Gasteiger charge is 2.27. The van der Waals surface area contributed by atoms with Crippen LogP contribution in [-0.2, 0) is 0 Å². The second kappa shape index (κ2) is 6.73. The summed E-state index contributed by atoms with van der Waals surface area (Å²) >= 11 is 0. The Balaban J connectivity index is 1.63. The lowest BCUT2D eigenvalue weighted by molar-refractivity contribution is 0.287. The van der Waals surface area contributed by atoms with Gasteiger partial charge >= 0.3 is 0 Å². The summed E-state index contributed by atoms with van der Waals surface area (Å²) in [5, 5.41) is 3.58. The van der Waals surface area contributed by atoms with E-state index >= 15 is 0 Å². The highest BCUT2D eigenvalue weighted by molar-refractivity contribution is 5.97. The smallest absolute Gasteiger partial charge is 0.261 e. The van der Waals surface area contributed by atoms with Gasteiger partial charge in [-0.15, -0.1) is 0 Å². The largest absolute Gasteiger partial charge is 0.397 e. The van der Waals surface area contributed by atoms with E-state index in [1.54, 1.807) is 12.1 Å². The van der Waals surface area contributed by atoms with Gasteiger partial charge in [-0.2, -0.15) is 0 Å². The highest BCUT2D eigenvalue weighted by atomic mass is 19.1. The Morgan fingerprint density at radius 3 is 2.83 bits per heavy atom. The number of aromatic nitrogens is 3. The Hall–Kier alpha value is -3.13. The van der Waals surface area contributed by atoms with Crippen molar-refractivity contribution in [2.75, 3.05) is 31.9 Å². The zero-order valence-corrected chi connectivity index (χ0v) is 16.2. The minimum Gasteiger partial charge on any atom is -0.397 e. The molecule has 7 nitrogen and oxygen atoms in total. The van der Waals surface area contributed by atoms with E-state index in [0.717, 1.165) is 44.0 Å². The number of H-pyrrole nitrogens is 2. The van der Waals surface area contributed by atoms with Crippen molar-refractivity contribution in [2.45, 2.75) is 19.3 Å². The quantitative estimate of drug-likeness (QED) is 0.535. The molecule has 1 aliphatic carbocycles. The molecule has 150 valence electrons. The van der Waals surface area contributed by atoms with Crippen molar-refractivity contribution in [3.05, 3.63) is 51.5 Å². The second-order valence-electron chi connectivity index (χ2n) is 7.77. The molecule has 0 amide bonds. The molecular weight excluding hydrogens is 371 g/mol. The van der Waals surface area contributed by atoms with Gasteiger partial charge in [0, 0.05) is 43.5 Å². The summed E-state index contributed by atoms with van der Waals surface area (Å²) in [6.07, 6.45) is 3.00. The monoisotopic (exact) mass is 394 g/mol. The van der Waals surface area contributed by atoms with Crippen LogP contribution in [0.25, 0.3) is 28.4 Å². The summed E-state index contributed by atoms with van der Waals surface area (Å²) < 4.78 is 14.4.